The first kappa shape index (κ1) is 12.8. The molecule has 0 saturated carbocycles. The minimum atomic E-state index is -2.22. The van der Waals surface area contributed by atoms with Crippen molar-refractivity contribution in [2.24, 2.45) is 5.92 Å². The van der Waals surface area contributed by atoms with Gasteiger partial charge in [0.15, 0.2) is 0 Å². The lowest BCUT2D eigenvalue weighted by atomic mass is 10.1. The van der Waals surface area contributed by atoms with E-state index in [9.17, 15) is 0 Å². The Bertz CT molecular complexity index is 334. The number of hydrogen-bond donors (Lipinski definition) is 0. The molecule has 0 unspecified atom stereocenters. The van der Waals surface area contributed by atoms with Crippen molar-refractivity contribution < 1.29 is 13.6 Å². The van der Waals surface area contributed by atoms with E-state index < -0.39 is 8.56 Å². The highest BCUT2D eigenvalue weighted by Gasteiger charge is 2.38. The van der Waals surface area contributed by atoms with Gasteiger partial charge in [-0.3, -0.25) is 0 Å². The smallest absolute Gasteiger partial charge is 0.372 e. The van der Waals surface area contributed by atoms with E-state index in [1.54, 1.807) is 14.2 Å². The summed E-state index contributed by atoms with van der Waals surface area (Å²) in [5.41, 5.74) is 0. The van der Waals surface area contributed by atoms with Gasteiger partial charge in [-0.2, -0.15) is 0 Å². The topological polar surface area (TPSA) is 27.7 Å². The molecule has 1 heterocycles. The maximum Gasteiger partial charge on any atom is 0.372 e. The molecule has 0 radical (unpaired) electrons. The quantitative estimate of drug-likeness (QED) is 0.721. The fraction of sp³-hybridized carbons (Fsp3) is 0.538. The minimum Gasteiger partial charge on any atom is -0.394 e. The number of benzene rings is 1. The highest BCUT2D eigenvalue weighted by Crippen LogP contribution is 2.23. The van der Waals surface area contributed by atoms with Crippen molar-refractivity contribution in [3.63, 3.8) is 0 Å². The Labute approximate surface area is 104 Å². The van der Waals surface area contributed by atoms with Gasteiger partial charge in [0.1, 0.15) is 0 Å². The van der Waals surface area contributed by atoms with Gasteiger partial charge in [0.05, 0.1) is 13.2 Å². The molecule has 1 aliphatic heterocycles. The maximum absolute atomic E-state index is 5.77. The molecule has 0 N–H and O–H groups in total. The van der Waals surface area contributed by atoms with Crippen LogP contribution in [-0.2, 0) is 13.6 Å². The lowest BCUT2D eigenvalue weighted by Crippen LogP contribution is -2.52. The summed E-state index contributed by atoms with van der Waals surface area (Å²) in [6, 6.07) is 11.3. The van der Waals surface area contributed by atoms with E-state index in [0.29, 0.717) is 5.92 Å². The zero-order valence-corrected chi connectivity index (χ0v) is 11.5. The minimum absolute atomic E-state index is 0.691. The summed E-state index contributed by atoms with van der Waals surface area (Å²) in [7, 11) is 1.31. The molecule has 0 aromatic heterocycles. The number of rotatable bonds is 6. The summed E-state index contributed by atoms with van der Waals surface area (Å²) >= 11 is 0. The average Bonchev–Trinajstić information content (AvgIpc) is 2.34. The largest absolute Gasteiger partial charge is 0.394 e. The summed E-state index contributed by atoms with van der Waals surface area (Å²) in [6.07, 6.45) is 1.13. The normalized spacial score (nSPS) is 16.8. The Morgan fingerprint density at radius 1 is 1.18 bits per heavy atom. The Kier molecular flexibility index (Phi) is 4.34. The molecule has 0 amide bonds. The summed E-state index contributed by atoms with van der Waals surface area (Å²) in [6.45, 7) is 1.79. The summed E-state index contributed by atoms with van der Waals surface area (Å²) in [4.78, 5) is 0. The Morgan fingerprint density at radius 2 is 1.82 bits per heavy atom. The second-order valence-electron chi connectivity index (χ2n) is 4.47. The third kappa shape index (κ3) is 2.77. The van der Waals surface area contributed by atoms with Crippen LogP contribution >= 0.6 is 0 Å². The third-order valence-corrected chi connectivity index (χ3v) is 6.94. The van der Waals surface area contributed by atoms with E-state index in [4.69, 9.17) is 13.6 Å². The zero-order valence-electron chi connectivity index (χ0n) is 10.5. The molecule has 1 fully saturated rings. The molecular weight excluding hydrogens is 232 g/mol. The number of hydrogen-bond acceptors (Lipinski definition) is 3. The molecule has 0 atom stereocenters. The van der Waals surface area contributed by atoms with Crippen molar-refractivity contribution in [2.75, 3.05) is 27.4 Å². The standard InChI is InChI=1S/C13H20O3Si/c1-14-17(15-2,9-8-12-10-16-11-12)13-6-4-3-5-7-13/h3-7,12H,8-11H2,1-2H3. The van der Waals surface area contributed by atoms with E-state index in [0.717, 1.165) is 25.7 Å². The van der Waals surface area contributed by atoms with Crippen molar-refractivity contribution in [2.45, 2.75) is 12.5 Å². The molecule has 3 nitrogen and oxygen atoms in total. The van der Waals surface area contributed by atoms with Crippen LogP contribution in [0.5, 0.6) is 0 Å². The maximum atomic E-state index is 5.77. The van der Waals surface area contributed by atoms with Gasteiger partial charge in [0, 0.05) is 20.1 Å². The van der Waals surface area contributed by atoms with Crippen LogP contribution in [0.15, 0.2) is 30.3 Å². The fourth-order valence-corrected chi connectivity index (χ4v) is 5.03. The number of ether oxygens (including phenoxy) is 1. The van der Waals surface area contributed by atoms with Gasteiger partial charge in [0.25, 0.3) is 0 Å². The van der Waals surface area contributed by atoms with Crippen molar-refractivity contribution in [1.82, 2.24) is 0 Å². The molecule has 4 heteroatoms. The van der Waals surface area contributed by atoms with E-state index in [1.807, 2.05) is 18.2 Å². The Hall–Kier alpha value is -0.683. The van der Waals surface area contributed by atoms with Gasteiger partial charge in [-0.15, -0.1) is 0 Å². The first-order valence-electron chi connectivity index (χ1n) is 6.04. The molecule has 0 aliphatic carbocycles. The van der Waals surface area contributed by atoms with Crippen molar-refractivity contribution in [3.05, 3.63) is 30.3 Å². The molecule has 94 valence electrons. The molecule has 1 saturated heterocycles. The second kappa shape index (κ2) is 5.77. The van der Waals surface area contributed by atoms with Crippen LogP contribution in [0.4, 0.5) is 0 Å². The molecular formula is C13H20O3Si. The average molecular weight is 252 g/mol. The van der Waals surface area contributed by atoms with Gasteiger partial charge in [-0.25, -0.2) is 0 Å². The van der Waals surface area contributed by atoms with Crippen LogP contribution in [0, 0.1) is 5.92 Å². The molecule has 17 heavy (non-hydrogen) atoms. The Balaban J connectivity index is 2.07. The van der Waals surface area contributed by atoms with Crippen molar-refractivity contribution in [3.8, 4) is 0 Å². The highest BCUT2D eigenvalue weighted by molar-refractivity contribution is 6.81. The van der Waals surface area contributed by atoms with E-state index >= 15 is 0 Å². The molecule has 0 bridgehead atoms. The van der Waals surface area contributed by atoms with Gasteiger partial charge in [-0.05, 0) is 17.7 Å². The first-order chi connectivity index (χ1) is 8.30. The molecule has 1 aromatic carbocycles. The van der Waals surface area contributed by atoms with Gasteiger partial charge < -0.3 is 13.6 Å². The lowest BCUT2D eigenvalue weighted by molar-refractivity contribution is -0.0340. The van der Waals surface area contributed by atoms with Crippen LogP contribution in [0.25, 0.3) is 0 Å². The molecule has 2 rings (SSSR count). The van der Waals surface area contributed by atoms with E-state index in [-0.39, 0.29) is 0 Å². The van der Waals surface area contributed by atoms with Crippen LogP contribution in [0.3, 0.4) is 0 Å². The van der Waals surface area contributed by atoms with E-state index in [2.05, 4.69) is 12.1 Å². The van der Waals surface area contributed by atoms with Gasteiger partial charge in [-0.1, -0.05) is 30.3 Å². The lowest BCUT2D eigenvalue weighted by Gasteiger charge is -2.32. The third-order valence-electron chi connectivity index (χ3n) is 3.46. The predicted octanol–water partition coefficient (Wildman–Crippen LogP) is 1.67. The fourth-order valence-electron chi connectivity index (χ4n) is 2.20. The van der Waals surface area contributed by atoms with Crippen molar-refractivity contribution >= 4 is 13.7 Å². The SMILES string of the molecule is CO[Si](CCC1COC1)(OC)c1ccccc1. The first-order valence-corrected chi connectivity index (χ1v) is 8.06. The van der Waals surface area contributed by atoms with E-state index in [1.165, 1.54) is 5.19 Å². The van der Waals surface area contributed by atoms with Crippen LogP contribution in [0.1, 0.15) is 6.42 Å². The zero-order chi connectivity index (χ0) is 12.1. The summed E-state index contributed by atoms with van der Waals surface area (Å²) < 4.78 is 16.7. The van der Waals surface area contributed by atoms with Gasteiger partial charge >= 0.3 is 8.56 Å². The van der Waals surface area contributed by atoms with Crippen LogP contribution < -0.4 is 5.19 Å². The monoisotopic (exact) mass is 252 g/mol. The molecule has 1 aliphatic rings. The van der Waals surface area contributed by atoms with Gasteiger partial charge in [0.2, 0.25) is 0 Å². The molecule has 1 aromatic rings. The predicted molar refractivity (Wildman–Crippen MR) is 69.6 cm³/mol. The molecule has 0 spiro atoms. The Morgan fingerprint density at radius 3 is 2.29 bits per heavy atom. The highest BCUT2D eigenvalue weighted by atomic mass is 28.4. The second-order valence-corrected chi connectivity index (χ2v) is 7.87. The van der Waals surface area contributed by atoms with Crippen molar-refractivity contribution in [1.29, 1.82) is 0 Å². The van der Waals surface area contributed by atoms with Crippen LogP contribution in [0.2, 0.25) is 6.04 Å². The van der Waals surface area contributed by atoms with Crippen LogP contribution in [-0.4, -0.2) is 36.0 Å². The summed E-state index contributed by atoms with van der Waals surface area (Å²) in [5, 5.41) is 1.21. The summed E-state index contributed by atoms with van der Waals surface area (Å²) in [5.74, 6) is 0.691.